The van der Waals surface area contributed by atoms with Gasteiger partial charge in [-0.25, -0.2) is 9.97 Å². The average molecular weight is 303 g/mol. The predicted octanol–water partition coefficient (Wildman–Crippen LogP) is 4.17. The van der Waals surface area contributed by atoms with Crippen molar-refractivity contribution in [1.29, 1.82) is 0 Å². The summed E-state index contributed by atoms with van der Waals surface area (Å²) in [5, 5.41) is 1.13. The fourth-order valence-electron chi connectivity index (χ4n) is 1.48. The fraction of sp³-hybridized carbons (Fsp3) is 0.167. The summed E-state index contributed by atoms with van der Waals surface area (Å²) >= 11 is 18.5. The predicted molar refractivity (Wildman–Crippen MR) is 76.8 cm³/mol. The molecule has 0 atom stereocenters. The molecule has 0 unspecified atom stereocenters. The number of benzene rings is 1. The number of aromatic nitrogens is 2. The summed E-state index contributed by atoms with van der Waals surface area (Å²) in [4.78, 5) is 10.1. The number of halogens is 3. The molecule has 94 valence electrons. The van der Waals surface area contributed by atoms with Gasteiger partial charge in [0.2, 0.25) is 5.95 Å². The summed E-state index contributed by atoms with van der Waals surface area (Å²) in [6.45, 7) is 0. The summed E-state index contributed by atoms with van der Waals surface area (Å²) < 4.78 is 0. The van der Waals surface area contributed by atoms with E-state index >= 15 is 0 Å². The number of nitrogens with zero attached hydrogens (tertiary/aromatic N) is 3. The van der Waals surface area contributed by atoms with Gasteiger partial charge in [0.1, 0.15) is 10.3 Å². The van der Waals surface area contributed by atoms with Crippen LogP contribution in [0.2, 0.25) is 15.3 Å². The second kappa shape index (κ2) is 5.31. The van der Waals surface area contributed by atoms with Crippen LogP contribution in [0.15, 0.2) is 24.3 Å². The van der Waals surface area contributed by atoms with Gasteiger partial charge in [-0.15, -0.1) is 0 Å². The van der Waals surface area contributed by atoms with Crippen LogP contribution >= 0.6 is 34.8 Å². The molecular weight excluding hydrogens is 293 g/mol. The van der Waals surface area contributed by atoms with Gasteiger partial charge in [-0.3, -0.25) is 0 Å². The third-order valence-corrected chi connectivity index (χ3v) is 3.23. The molecule has 0 aliphatic heterocycles. The molecule has 0 spiro atoms. The Morgan fingerprint density at radius 1 is 0.944 bits per heavy atom. The van der Waals surface area contributed by atoms with E-state index in [1.807, 2.05) is 32.3 Å². The summed E-state index contributed by atoms with van der Waals surface area (Å²) in [5.74, 6) is 0.459. The highest BCUT2D eigenvalue weighted by molar-refractivity contribution is 6.40. The van der Waals surface area contributed by atoms with Crippen LogP contribution in [0.4, 0.5) is 5.95 Å². The topological polar surface area (TPSA) is 29.0 Å². The highest BCUT2D eigenvalue weighted by Crippen LogP contribution is 2.37. The van der Waals surface area contributed by atoms with Gasteiger partial charge in [-0.05, 0) is 6.07 Å². The standard InChI is InChI=1S/C12H10Cl3N3/c1-18(2)12-16-10(14)9(11(15)17-12)7-5-3-4-6-8(7)13/h3-6H,1-2H3. The van der Waals surface area contributed by atoms with Gasteiger partial charge in [0.15, 0.2) is 0 Å². The minimum atomic E-state index is 0.284. The van der Waals surface area contributed by atoms with Crippen LogP contribution in [0, 0.1) is 0 Å². The highest BCUT2D eigenvalue weighted by atomic mass is 35.5. The quantitative estimate of drug-likeness (QED) is 0.780. The van der Waals surface area contributed by atoms with E-state index in [1.165, 1.54) is 0 Å². The maximum atomic E-state index is 6.16. The van der Waals surface area contributed by atoms with Gasteiger partial charge in [0, 0.05) is 24.7 Å². The van der Waals surface area contributed by atoms with Crippen molar-refractivity contribution >= 4 is 40.8 Å². The van der Waals surface area contributed by atoms with Crippen molar-refractivity contribution in [2.45, 2.75) is 0 Å². The Morgan fingerprint density at radius 2 is 1.50 bits per heavy atom. The second-order valence-corrected chi connectivity index (χ2v) is 4.98. The Labute approximate surface area is 120 Å². The number of anilines is 1. The maximum absolute atomic E-state index is 6.16. The molecule has 1 aromatic carbocycles. The lowest BCUT2D eigenvalue weighted by atomic mass is 10.1. The summed E-state index contributed by atoms with van der Waals surface area (Å²) in [6, 6.07) is 7.29. The zero-order valence-electron chi connectivity index (χ0n) is 9.78. The largest absolute Gasteiger partial charge is 0.347 e. The van der Waals surface area contributed by atoms with E-state index in [2.05, 4.69) is 9.97 Å². The van der Waals surface area contributed by atoms with Gasteiger partial charge in [-0.1, -0.05) is 53.0 Å². The fourth-order valence-corrected chi connectivity index (χ4v) is 2.30. The Kier molecular flexibility index (Phi) is 3.95. The smallest absolute Gasteiger partial charge is 0.227 e. The molecule has 0 saturated heterocycles. The molecule has 0 aliphatic carbocycles. The van der Waals surface area contributed by atoms with Gasteiger partial charge in [0.25, 0.3) is 0 Å². The molecule has 18 heavy (non-hydrogen) atoms. The Bertz CT molecular complexity index is 562. The maximum Gasteiger partial charge on any atom is 0.227 e. The first-order valence-corrected chi connectivity index (χ1v) is 6.29. The van der Waals surface area contributed by atoms with Crippen molar-refractivity contribution < 1.29 is 0 Å². The van der Waals surface area contributed by atoms with Crippen molar-refractivity contribution in [1.82, 2.24) is 9.97 Å². The van der Waals surface area contributed by atoms with E-state index in [4.69, 9.17) is 34.8 Å². The number of hydrogen-bond acceptors (Lipinski definition) is 3. The first kappa shape index (κ1) is 13.4. The molecule has 0 fully saturated rings. The molecule has 6 heteroatoms. The third-order valence-electron chi connectivity index (χ3n) is 2.35. The molecule has 0 radical (unpaired) electrons. The zero-order valence-corrected chi connectivity index (χ0v) is 12.1. The van der Waals surface area contributed by atoms with Crippen molar-refractivity contribution in [3.8, 4) is 11.1 Å². The second-order valence-electron chi connectivity index (χ2n) is 3.85. The lowest BCUT2D eigenvalue weighted by Gasteiger charge is -2.13. The van der Waals surface area contributed by atoms with Crippen LogP contribution in [0.5, 0.6) is 0 Å². The molecule has 2 rings (SSSR count). The number of rotatable bonds is 2. The van der Waals surface area contributed by atoms with Crippen LogP contribution in [0.3, 0.4) is 0 Å². The van der Waals surface area contributed by atoms with E-state index in [0.717, 1.165) is 5.56 Å². The zero-order chi connectivity index (χ0) is 13.3. The SMILES string of the molecule is CN(C)c1nc(Cl)c(-c2ccccc2Cl)c(Cl)n1. The van der Waals surface area contributed by atoms with Crippen molar-refractivity contribution in [2.24, 2.45) is 0 Å². The minimum absolute atomic E-state index is 0.284. The molecule has 0 aliphatic rings. The first-order valence-electron chi connectivity index (χ1n) is 5.16. The minimum Gasteiger partial charge on any atom is -0.347 e. The Hall–Kier alpha value is -1.03. The molecular formula is C12H10Cl3N3. The molecule has 0 saturated carbocycles. The van der Waals surface area contributed by atoms with Gasteiger partial charge in [0.05, 0.1) is 5.56 Å². The van der Waals surface area contributed by atoms with E-state index in [9.17, 15) is 0 Å². The van der Waals surface area contributed by atoms with Gasteiger partial charge < -0.3 is 4.90 Å². The van der Waals surface area contributed by atoms with E-state index in [-0.39, 0.29) is 10.3 Å². The third kappa shape index (κ3) is 2.53. The van der Waals surface area contributed by atoms with E-state index in [0.29, 0.717) is 16.5 Å². The lowest BCUT2D eigenvalue weighted by Crippen LogP contribution is -2.13. The van der Waals surface area contributed by atoms with Crippen LogP contribution < -0.4 is 4.90 Å². The van der Waals surface area contributed by atoms with Gasteiger partial charge in [-0.2, -0.15) is 0 Å². The summed E-state index contributed by atoms with van der Waals surface area (Å²) in [5.41, 5.74) is 1.27. The molecule has 1 aromatic heterocycles. The first-order chi connectivity index (χ1) is 8.50. The molecule has 1 heterocycles. The Morgan fingerprint density at radius 3 is 2.00 bits per heavy atom. The molecule has 0 bridgehead atoms. The highest BCUT2D eigenvalue weighted by Gasteiger charge is 2.16. The van der Waals surface area contributed by atoms with Crippen molar-refractivity contribution in [3.63, 3.8) is 0 Å². The average Bonchev–Trinajstić information content (AvgIpc) is 2.30. The van der Waals surface area contributed by atoms with Crippen LogP contribution in [0.25, 0.3) is 11.1 Å². The molecule has 0 N–H and O–H groups in total. The van der Waals surface area contributed by atoms with E-state index in [1.54, 1.807) is 11.0 Å². The van der Waals surface area contributed by atoms with Gasteiger partial charge >= 0.3 is 0 Å². The monoisotopic (exact) mass is 301 g/mol. The van der Waals surface area contributed by atoms with Crippen LogP contribution in [0.1, 0.15) is 0 Å². The van der Waals surface area contributed by atoms with Crippen molar-refractivity contribution in [2.75, 3.05) is 19.0 Å². The lowest BCUT2D eigenvalue weighted by molar-refractivity contribution is 1.00. The Balaban J connectivity index is 2.63. The molecule has 2 aromatic rings. The molecule has 3 nitrogen and oxygen atoms in total. The normalized spacial score (nSPS) is 10.5. The number of hydrogen-bond donors (Lipinski definition) is 0. The summed E-state index contributed by atoms with van der Waals surface area (Å²) in [6.07, 6.45) is 0. The van der Waals surface area contributed by atoms with Crippen LogP contribution in [-0.2, 0) is 0 Å². The van der Waals surface area contributed by atoms with E-state index < -0.39 is 0 Å². The van der Waals surface area contributed by atoms with Crippen LogP contribution in [-0.4, -0.2) is 24.1 Å². The summed E-state index contributed by atoms with van der Waals surface area (Å²) in [7, 11) is 3.63. The van der Waals surface area contributed by atoms with Crippen molar-refractivity contribution in [3.05, 3.63) is 39.6 Å². The molecule has 0 amide bonds.